The first-order valence-electron chi connectivity index (χ1n) is 9.65. The highest BCUT2D eigenvalue weighted by Gasteiger charge is 2.13. The molecule has 24 heavy (non-hydrogen) atoms. The van der Waals surface area contributed by atoms with E-state index < -0.39 is 0 Å². The summed E-state index contributed by atoms with van der Waals surface area (Å²) in [4.78, 5) is 4.88. The third kappa shape index (κ3) is 8.74. The van der Waals surface area contributed by atoms with Gasteiger partial charge in [0.1, 0.15) is 0 Å². The molecule has 6 nitrogen and oxygen atoms in total. The van der Waals surface area contributed by atoms with Crippen molar-refractivity contribution in [3.05, 3.63) is 0 Å². The Morgan fingerprint density at radius 1 is 0.583 bits per heavy atom. The molecule has 2 heterocycles. The Hall–Kier alpha value is -0.240. The van der Waals surface area contributed by atoms with Gasteiger partial charge >= 0.3 is 0 Å². The van der Waals surface area contributed by atoms with E-state index in [0.29, 0.717) is 13.2 Å². The summed E-state index contributed by atoms with van der Waals surface area (Å²) < 4.78 is 22.6. The zero-order valence-electron chi connectivity index (χ0n) is 15.6. The predicted octanol–water partition coefficient (Wildman–Crippen LogP) is 1.94. The van der Waals surface area contributed by atoms with Gasteiger partial charge in [0, 0.05) is 13.1 Å². The van der Waals surface area contributed by atoms with E-state index in [4.69, 9.17) is 18.9 Å². The van der Waals surface area contributed by atoms with E-state index >= 15 is 0 Å². The Bertz CT molecular complexity index is 277. The van der Waals surface area contributed by atoms with Crippen LogP contribution in [0.3, 0.4) is 0 Å². The van der Waals surface area contributed by atoms with Crippen molar-refractivity contribution in [2.24, 2.45) is 0 Å². The van der Waals surface area contributed by atoms with Crippen LogP contribution in [0.5, 0.6) is 0 Å². The minimum atomic E-state index is -0.178. The predicted molar refractivity (Wildman–Crippen MR) is 94.1 cm³/mol. The van der Waals surface area contributed by atoms with Crippen molar-refractivity contribution < 1.29 is 18.9 Å². The molecule has 0 saturated carbocycles. The third-order valence-electron chi connectivity index (χ3n) is 4.71. The summed E-state index contributed by atoms with van der Waals surface area (Å²) in [5.74, 6) is 0. The minimum Gasteiger partial charge on any atom is -0.352 e. The van der Waals surface area contributed by atoms with Gasteiger partial charge in [0.05, 0.1) is 26.4 Å². The van der Waals surface area contributed by atoms with Gasteiger partial charge in [-0.05, 0) is 65.7 Å². The molecule has 6 heteroatoms. The highest BCUT2D eigenvalue weighted by Crippen LogP contribution is 2.07. The van der Waals surface area contributed by atoms with Crippen molar-refractivity contribution in [1.29, 1.82) is 0 Å². The molecule has 2 unspecified atom stereocenters. The molecular weight excluding hydrogens is 308 g/mol. The summed E-state index contributed by atoms with van der Waals surface area (Å²) in [6, 6.07) is 0. The lowest BCUT2D eigenvalue weighted by Gasteiger charge is -2.19. The zero-order chi connectivity index (χ0) is 17.0. The summed E-state index contributed by atoms with van der Waals surface area (Å²) in [5, 5.41) is 0. The fourth-order valence-corrected chi connectivity index (χ4v) is 3.23. The molecule has 0 aromatic rings. The average molecular weight is 344 g/mol. The lowest BCUT2D eigenvalue weighted by Crippen LogP contribution is -2.28. The molecule has 0 bridgehead atoms. The van der Waals surface area contributed by atoms with Crippen molar-refractivity contribution in [1.82, 2.24) is 9.80 Å². The van der Waals surface area contributed by atoms with E-state index in [1.165, 1.54) is 51.9 Å². The van der Waals surface area contributed by atoms with Gasteiger partial charge in [-0.15, -0.1) is 0 Å². The molecule has 0 N–H and O–H groups in total. The summed E-state index contributed by atoms with van der Waals surface area (Å²) in [7, 11) is 0. The molecule has 142 valence electrons. The van der Waals surface area contributed by atoms with Crippen molar-refractivity contribution in [2.75, 3.05) is 65.7 Å². The van der Waals surface area contributed by atoms with Gasteiger partial charge in [-0.25, -0.2) is 0 Å². The highest BCUT2D eigenvalue weighted by atomic mass is 16.7. The first kappa shape index (κ1) is 20.1. The number of rotatable bonds is 13. The van der Waals surface area contributed by atoms with Crippen LogP contribution in [0.15, 0.2) is 0 Å². The van der Waals surface area contributed by atoms with Gasteiger partial charge < -0.3 is 28.7 Å². The molecule has 2 aliphatic heterocycles. The van der Waals surface area contributed by atoms with Crippen LogP contribution in [-0.4, -0.2) is 88.1 Å². The van der Waals surface area contributed by atoms with Gasteiger partial charge in [0.15, 0.2) is 12.6 Å². The Balaban J connectivity index is 1.36. The number of likely N-dealkylation sites (tertiary alicyclic amines) is 2. The molecule has 0 aliphatic carbocycles. The van der Waals surface area contributed by atoms with E-state index in [9.17, 15) is 0 Å². The van der Waals surface area contributed by atoms with E-state index in [1.54, 1.807) is 0 Å². The van der Waals surface area contributed by atoms with Gasteiger partial charge in [0.25, 0.3) is 0 Å². The number of hydrogen-bond donors (Lipinski definition) is 0. The Labute approximate surface area is 147 Å². The van der Waals surface area contributed by atoms with E-state index in [0.717, 1.165) is 26.3 Å². The second-order valence-corrected chi connectivity index (χ2v) is 6.72. The van der Waals surface area contributed by atoms with Crippen LogP contribution in [0.25, 0.3) is 0 Å². The lowest BCUT2D eigenvalue weighted by atomic mass is 10.4. The standard InChI is InChI=1S/C18H36N2O4/c1-17(21-13-11-19-7-3-4-8-19)23-15-16-24-18(2)22-14-12-20-9-5-6-10-20/h17-18H,3-16H2,1-2H3. The van der Waals surface area contributed by atoms with Crippen LogP contribution in [-0.2, 0) is 18.9 Å². The largest absolute Gasteiger partial charge is 0.352 e. The zero-order valence-corrected chi connectivity index (χ0v) is 15.6. The van der Waals surface area contributed by atoms with Crippen LogP contribution < -0.4 is 0 Å². The second kappa shape index (κ2) is 12.2. The Morgan fingerprint density at radius 2 is 0.917 bits per heavy atom. The maximum Gasteiger partial charge on any atom is 0.154 e. The molecular formula is C18H36N2O4. The molecule has 0 amide bonds. The average Bonchev–Trinajstić information content (AvgIpc) is 3.25. The topological polar surface area (TPSA) is 43.4 Å². The molecule has 2 rings (SSSR count). The molecule has 2 aliphatic rings. The van der Waals surface area contributed by atoms with Crippen LogP contribution >= 0.6 is 0 Å². The first-order chi connectivity index (χ1) is 11.7. The van der Waals surface area contributed by atoms with Gasteiger partial charge in [-0.2, -0.15) is 0 Å². The molecule has 2 atom stereocenters. The fraction of sp³-hybridized carbons (Fsp3) is 1.00. The van der Waals surface area contributed by atoms with Gasteiger partial charge in [0.2, 0.25) is 0 Å². The first-order valence-corrected chi connectivity index (χ1v) is 9.65. The van der Waals surface area contributed by atoms with E-state index in [1.807, 2.05) is 13.8 Å². The quantitative estimate of drug-likeness (QED) is 0.376. The number of ether oxygens (including phenoxy) is 4. The monoisotopic (exact) mass is 344 g/mol. The van der Waals surface area contributed by atoms with Gasteiger partial charge in [-0.3, -0.25) is 0 Å². The van der Waals surface area contributed by atoms with E-state index in [2.05, 4.69) is 9.80 Å². The summed E-state index contributed by atoms with van der Waals surface area (Å²) >= 11 is 0. The number of nitrogens with zero attached hydrogens (tertiary/aromatic N) is 2. The van der Waals surface area contributed by atoms with Crippen LogP contribution in [0.4, 0.5) is 0 Å². The minimum absolute atomic E-state index is 0.178. The molecule has 2 fully saturated rings. The molecule has 0 radical (unpaired) electrons. The maximum absolute atomic E-state index is 5.68. The molecule has 0 aromatic carbocycles. The Morgan fingerprint density at radius 3 is 1.29 bits per heavy atom. The lowest BCUT2D eigenvalue weighted by molar-refractivity contribution is -0.172. The second-order valence-electron chi connectivity index (χ2n) is 6.72. The van der Waals surface area contributed by atoms with Crippen molar-refractivity contribution in [3.8, 4) is 0 Å². The summed E-state index contributed by atoms with van der Waals surface area (Å²) in [6.45, 7) is 13.3. The third-order valence-corrected chi connectivity index (χ3v) is 4.71. The van der Waals surface area contributed by atoms with Crippen LogP contribution in [0.2, 0.25) is 0 Å². The van der Waals surface area contributed by atoms with Crippen LogP contribution in [0.1, 0.15) is 39.5 Å². The van der Waals surface area contributed by atoms with Crippen molar-refractivity contribution in [3.63, 3.8) is 0 Å². The van der Waals surface area contributed by atoms with Gasteiger partial charge in [-0.1, -0.05) is 0 Å². The van der Waals surface area contributed by atoms with Crippen LogP contribution in [0, 0.1) is 0 Å². The molecule has 0 spiro atoms. The molecule has 0 aromatic heterocycles. The smallest absolute Gasteiger partial charge is 0.154 e. The SMILES string of the molecule is CC(OCCOC(C)OCCN1CCCC1)OCCN1CCCC1. The summed E-state index contributed by atoms with van der Waals surface area (Å²) in [5.41, 5.74) is 0. The van der Waals surface area contributed by atoms with Crippen molar-refractivity contribution >= 4 is 0 Å². The fourth-order valence-electron chi connectivity index (χ4n) is 3.23. The number of hydrogen-bond acceptors (Lipinski definition) is 6. The highest BCUT2D eigenvalue weighted by molar-refractivity contribution is 4.65. The maximum atomic E-state index is 5.68. The summed E-state index contributed by atoms with van der Waals surface area (Å²) in [6.07, 6.45) is 4.93. The Kier molecular flexibility index (Phi) is 10.2. The normalized spacial score (nSPS) is 22.2. The molecule has 2 saturated heterocycles. The van der Waals surface area contributed by atoms with E-state index in [-0.39, 0.29) is 12.6 Å². The van der Waals surface area contributed by atoms with Crippen molar-refractivity contribution in [2.45, 2.75) is 52.1 Å².